The maximum absolute atomic E-state index is 11.9. The van der Waals surface area contributed by atoms with Gasteiger partial charge < -0.3 is 10.6 Å². The fourth-order valence-corrected chi connectivity index (χ4v) is 2.54. The van der Waals surface area contributed by atoms with E-state index >= 15 is 0 Å². The molecule has 1 saturated heterocycles. The zero-order valence-corrected chi connectivity index (χ0v) is 11.2. The van der Waals surface area contributed by atoms with Crippen LogP contribution >= 0.6 is 0 Å². The van der Waals surface area contributed by atoms with E-state index in [1.54, 1.807) is 0 Å². The number of halogens is 3. The summed E-state index contributed by atoms with van der Waals surface area (Å²) in [6.07, 6.45) is -0.339. The van der Waals surface area contributed by atoms with Crippen LogP contribution in [-0.4, -0.2) is 32.4 Å². The standard InChI is InChI=1S/C13H25F3N2/c1-2-12(6-9-17-10-7-12)11-18-8-4-3-5-13(14,15)16/h17-18H,2-11H2,1H3. The maximum atomic E-state index is 11.9. The van der Waals surface area contributed by atoms with Crippen molar-refractivity contribution in [2.24, 2.45) is 5.41 Å². The van der Waals surface area contributed by atoms with Crippen LogP contribution in [0.1, 0.15) is 45.4 Å². The van der Waals surface area contributed by atoms with Crippen LogP contribution in [-0.2, 0) is 0 Å². The molecule has 0 unspecified atom stereocenters. The molecule has 108 valence electrons. The molecule has 5 heteroatoms. The number of hydrogen-bond donors (Lipinski definition) is 2. The fourth-order valence-electron chi connectivity index (χ4n) is 2.54. The van der Waals surface area contributed by atoms with Gasteiger partial charge in [-0.25, -0.2) is 0 Å². The summed E-state index contributed by atoms with van der Waals surface area (Å²) < 4.78 is 35.8. The molecular weight excluding hydrogens is 241 g/mol. The molecule has 2 nitrogen and oxygen atoms in total. The minimum Gasteiger partial charge on any atom is -0.317 e. The molecule has 18 heavy (non-hydrogen) atoms. The summed E-state index contributed by atoms with van der Waals surface area (Å²) in [6, 6.07) is 0. The monoisotopic (exact) mass is 266 g/mol. The third kappa shape index (κ3) is 6.05. The summed E-state index contributed by atoms with van der Waals surface area (Å²) >= 11 is 0. The first-order valence-electron chi connectivity index (χ1n) is 6.96. The molecule has 1 rings (SSSR count). The third-order valence-corrected chi connectivity index (χ3v) is 3.98. The lowest BCUT2D eigenvalue weighted by Gasteiger charge is -2.37. The minimum absolute atomic E-state index is 0.233. The summed E-state index contributed by atoms with van der Waals surface area (Å²) in [6.45, 7) is 5.96. The highest BCUT2D eigenvalue weighted by molar-refractivity contribution is 4.85. The lowest BCUT2D eigenvalue weighted by molar-refractivity contribution is -0.135. The molecule has 1 aliphatic heterocycles. The van der Waals surface area contributed by atoms with Crippen LogP contribution in [0.25, 0.3) is 0 Å². The summed E-state index contributed by atoms with van der Waals surface area (Å²) in [4.78, 5) is 0. The molecule has 0 atom stereocenters. The lowest BCUT2D eigenvalue weighted by Crippen LogP contribution is -2.43. The Hall–Kier alpha value is -0.290. The SMILES string of the molecule is CCC1(CNCCCCC(F)(F)F)CCNCC1. The Bertz CT molecular complexity index is 223. The van der Waals surface area contributed by atoms with Gasteiger partial charge >= 0.3 is 6.18 Å². The van der Waals surface area contributed by atoms with E-state index in [1.807, 2.05) is 0 Å². The van der Waals surface area contributed by atoms with Gasteiger partial charge in [0.25, 0.3) is 0 Å². The van der Waals surface area contributed by atoms with Gasteiger partial charge in [-0.05, 0) is 57.2 Å². The predicted molar refractivity (Wildman–Crippen MR) is 67.6 cm³/mol. The maximum Gasteiger partial charge on any atom is 0.389 e. The van der Waals surface area contributed by atoms with Crippen molar-refractivity contribution >= 4 is 0 Å². The van der Waals surface area contributed by atoms with E-state index in [0.717, 1.165) is 26.1 Å². The van der Waals surface area contributed by atoms with Gasteiger partial charge in [-0.1, -0.05) is 6.92 Å². The molecule has 0 spiro atoms. The Labute approximate surface area is 108 Å². The second kappa shape index (κ2) is 7.34. The molecule has 0 bridgehead atoms. The van der Waals surface area contributed by atoms with Crippen LogP contribution in [0.5, 0.6) is 0 Å². The van der Waals surface area contributed by atoms with Crippen molar-refractivity contribution in [1.82, 2.24) is 10.6 Å². The third-order valence-electron chi connectivity index (χ3n) is 3.98. The van der Waals surface area contributed by atoms with E-state index in [9.17, 15) is 13.2 Å². The van der Waals surface area contributed by atoms with Crippen LogP contribution in [0.4, 0.5) is 13.2 Å². The Morgan fingerprint density at radius 2 is 1.83 bits per heavy atom. The highest BCUT2D eigenvalue weighted by Crippen LogP contribution is 2.31. The Morgan fingerprint density at radius 1 is 1.17 bits per heavy atom. The van der Waals surface area contributed by atoms with E-state index in [4.69, 9.17) is 0 Å². The van der Waals surface area contributed by atoms with Crippen molar-refractivity contribution in [3.05, 3.63) is 0 Å². The summed E-state index contributed by atoms with van der Waals surface area (Å²) in [7, 11) is 0. The predicted octanol–water partition coefficient (Wildman–Crippen LogP) is 3.09. The lowest BCUT2D eigenvalue weighted by atomic mass is 9.76. The number of nitrogens with one attached hydrogen (secondary N) is 2. The first-order valence-corrected chi connectivity index (χ1v) is 6.96. The molecule has 1 heterocycles. The summed E-state index contributed by atoms with van der Waals surface area (Å²) in [5.74, 6) is 0. The van der Waals surface area contributed by atoms with Gasteiger partial charge in [0.15, 0.2) is 0 Å². The molecule has 0 aromatic carbocycles. The van der Waals surface area contributed by atoms with Gasteiger partial charge in [-0.2, -0.15) is 13.2 Å². The Morgan fingerprint density at radius 3 is 2.39 bits per heavy atom. The molecule has 1 fully saturated rings. The second-order valence-corrected chi connectivity index (χ2v) is 5.35. The quantitative estimate of drug-likeness (QED) is 0.692. The number of hydrogen-bond acceptors (Lipinski definition) is 2. The van der Waals surface area contributed by atoms with Crippen molar-refractivity contribution in [2.75, 3.05) is 26.2 Å². The van der Waals surface area contributed by atoms with Crippen molar-refractivity contribution in [2.45, 2.75) is 51.6 Å². The zero-order chi connectivity index (χ0) is 13.5. The van der Waals surface area contributed by atoms with Crippen LogP contribution in [0, 0.1) is 5.41 Å². The van der Waals surface area contributed by atoms with Gasteiger partial charge in [0.05, 0.1) is 0 Å². The van der Waals surface area contributed by atoms with E-state index in [-0.39, 0.29) is 6.42 Å². The largest absolute Gasteiger partial charge is 0.389 e. The highest BCUT2D eigenvalue weighted by atomic mass is 19.4. The molecule has 0 amide bonds. The van der Waals surface area contributed by atoms with Crippen molar-refractivity contribution < 1.29 is 13.2 Å². The molecular formula is C13H25F3N2. The van der Waals surface area contributed by atoms with Gasteiger partial charge in [-0.3, -0.25) is 0 Å². The number of piperidine rings is 1. The van der Waals surface area contributed by atoms with Crippen molar-refractivity contribution in [3.63, 3.8) is 0 Å². The zero-order valence-electron chi connectivity index (χ0n) is 11.2. The summed E-state index contributed by atoms with van der Waals surface area (Å²) in [5, 5.41) is 6.69. The number of rotatable bonds is 7. The van der Waals surface area contributed by atoms with Crippen molar-refractivity contribution in [1.29, 1.82) is 0 Å². The summed E-state index contributed by atoms with van der Waals surface area (Å²) in [5.41, 5.74) is 0.356. The number of unbranched alkanes of at least 4 members (excludes halogenated alkanes) is 1. The topological polar surface area (TPSA) is 24.1 Å². The van der Waals surface area contributed by atoms with Gasteiger partial charge in [0.2, 0.25) is 0 Å². The molecule has 0 aromatic rings. The van der Waals surface area contributed by atoms with Crippen LogP contribution < -0.4 is 10.6 Å². The average Bonchev–Trinajstić information content (AvgIpc) is 2.33. The first-order chi connectivity index (χ1) is 8.47. The Balaban J connectivity index is 2.09. The second-order valence-electron chi connectivity index (χ2n) is 5.35. The van der Waals surface area contributed by atoms with Crippen LogP contribution in [0.3, 0.4) is 0 Å². The van der Waals surface area contributed by atoms with Gasteiger partial charge in [-0.15, -0.1) is 0 Å². The first kappa shape index (κ1) is 15.8. The van der Waals surface area contributed by atoms with Crippen LogP contribution in [0.2, 0.25) is 0 Å². The molecule has 0 radical (unpaired) electrons. The average molecular weight is 266 g/mol. The fraction of sp³-hybridized carbons (Fsp3) is 1.00. The highest BCUT2D eigenvalue weighted by Gasteiger charge is 2.29. The molecule has 0 aromatic heterocycles. The van der Waals surface area contributed by atoms with Gasteiger partial charge in [0.1, 0.15) is 0 Å². The molecule has 0 aliphatic carbocycles. The number of alkyl halides is 3. The molecule has 1 aliphatic rings. The Kier molecular flexibility index (Phi) is 6.43. The van der Waals surface area contributed by atoms with E-state index < -0.39 is 12.6 Å². The smallest absolute Gasteiger partial charge is 0.317 e. The minimum atomic E-state index is -4.00. The normalized spacial score (nSPS) is 20.0. The van der Waals surface area contributed by atoms with Gasteiger partial charge in [0, 0.05) is 13.0 Å². The van der Waals surface area contributed by atoms with E-state index in [1.165, 1.54) is 12.8 Å². The molecule has 2 N–H and O–H groups in total. The van der Waals surface area contributed by atoms with E-state index in [0.29, 0.717) is 18.4 Å². The molecule has 0 saturated carbocycles. The van der Waals surface area contributed by atoms with Crippen molar-refractivity contribution in [3.8, 4) is 0 Å². The van der Waals surface area contributed by atoms with Crippen LogP contribution in [0.15, 0.2) is 0 Å². The van der Waals surface area contributed by atoms with E-state index in [2.05, 4.69) is 17.6 Å².